The van der Waals surface area contributed by atoms with Gasteiger partial charge in [0.2, 0.25) is 0 Å². The van der Waals surface area contributed by atoms with Crippen LogP contribution in [0.3, 0.4) is 0 Å². The van der Waals surface area contributed by atoms with Crippen molar-refractivity contribution in [3.05, 3.63) is 53.4 Å². The average Bonchev–Trinajstić information content (AvgIpc) is 2.76. The summed E-state index contributed by atoms with van der Waals surface area (Å²) < 4.78 is 38.8. The van der Waals surface area contributed by atoms with Crippen molar-refractivity contribution in [3.8, 4) is 11.3 Å². The van der Waals surface area contributed by atoms with Crippen LogP contribution in [0.4, 0.5) is 18.9 Å². The molecule has 1 aromatic carbocycles. The zero-order valence-corrected chi connectivity index (χ0v) is 16.9. The number of aliphatic hydroxyl groups is 1. The molecule has 0 aliphatic carbocycles. The number of hydrogen-bond acceptors (Lipinski definition) is 6. The van der Waals surface area contributed by atoms with Gasteiger partial charge in [-0.25, -0.2) is 4.98 Å². The van der Waals surface area contributed by atoms with Gasteiger partial charge >= 0.3 is 6.18 Å². The summed E-state index contributed by atoms with van der Waals surface area (Å²) in [5, 5.41) is 12.6. The zero-order valence-electron chi connectivity index (χ0n) is 16.9. The van der Waals surface area contributed by atoms with Crippen molar-refractivity contribution in [2.45, 2.75) is 19.1 Å². The zero-order chi connectivity index (χ0) is 22.8. The predicted molar refractivity (Wildman–Crippen MR) is 112 cm³/mol. The molecule has 2 aromatic rings. The molecule has 0 saturated heterocycles. The quantitative estimate of drug-likeness (QED) is 0.629. The number of carbonyl (C=O) groups excluding carboxylic acids is 1. The molecule has 1 unspecified atom stereocenters. The van der Waals surface area contributed by atoms with Crippen molar-refractivity contribution in [2.24, 2.45) is 10.7 Å². The van der Waals surface area contributed by atoms with E-state index >= 15 is 0 Å². The highest BCUT2D eigenvalue weighted by Crippen LogP contribution is 2.35. The number of aromatic nitrogens is 1. The molecule has 31 heavy (non-hydrogen) atoms. The highest BCUT2D eigenvalue weighted by Gasteiger charge is 2.32. The summed E-state index contributed by atoms with van der Waals surface area (Å²) in [5.41, 5.74) is 7.18. The molecule has 1 atom stereocenters. The average molecular weight is 433 g/mol. The molecule has 1 aliphatic rings. The molecule has 1 aliphatic heterocycles. The maximum atomic E-state index is 13.1. The molecule has 2 heterocycles. The summed E-state index contributed by atoms with van der Waals surface area (Å²) in [6.45, 7) is 1.64. The largest absolute Gasteiger partial charge is 0.416 e. The maximum absolute atomic E-state index is 13.1. The number of carbonyl (C=O) groups is 1. The first-order chi connectivity index (χ1) is 14.7. The van der Waals surface area contributed by atoms with Crippen LogP contribution in [0, 0.1) is 0 Å². The van der Waals surface area contributed by atoms with Crippen LogP contribution in [0.1, 0.15) is 28.5 Å². The molecule has 3 rings (SSSR count). The number of halogens is 3. The Balaban J connectivity index is 2.18. The monoisotopic (exact) mass is 433 g/mol. The van der Waals surface area contributed by atoms with Gasteiger partial charge in [0.1, 0.15) is 0 Å². The molecule has 0 bridgehead atoms. The van der Waals surface area contributed by atoms with E-state index in [1.54, 1.807) is 14.0 Å². The predicted octanol–water partition coefficient (Wildman–Crippen LogP) is 2.97. The number of anilines is 1. The van der Waals surface area contributed by atoms with Crippen molar-refractivity contribution in [1.29, 1.82) is 0 Å². The molecule has 0 radical (unpaired) electrons. The maximum Gasteiger partial charge on any atom is 0.416 e. The third kappa shape index (κ3) is 4.38. The summed E-state index contributed by atoms with van der Waals surface area (Å²) in [5.74, 6) is -0.336. The second kappa shape index (κ2) is 8.76. The molecule has 0 saturated carbocycles. The number of aliphatic imine (C=N–C) groups is 1. The molecule has 164 valence electrons. The van der Waals surface area contributed by atoms with Crippen LogP contribution in [-0.4, -0.2) is 53.5 Å². The minimum Gasteiger partial charge on any atom is -0.404 e. The Kier molecular flexibility index (Phi) is 6.30. The van der Waals surface area contributed by atoms with Crippen LogP contribution >= 0.6 is 0 Å². The minimum absolute atomic E-state index is 0.156. The van der Waals surface area contributed by atoms with Crippen molar-refractivity contribution in [3.63, 3.8) is 0 Å². The van der Waals surface area contributed by atoms with E-state index < -0.39 is 17.8 Å². The summed E-state index contributed by atoms with van der Waals surface area (Å²) >= 11 is 0. The van der Waals surface area contributed by atoms with Crippen LogP contribution < -0.4 is 11.1 Å². The van der Waals surface area contributed by atoms with E-state index in [9.17, 15) is 23.1 Å². The van der Waals surface area contributed by atoms with Crippen LogP contribution in [0.2, 0.25) is 0 Å². The number of rotatable bonds is 5. The van der Waals surface area contributed by atoms with Gasteiger partial charge in [0.25, 0.3) is 5.91 Å². The Morgan fingerprint density at radius 2 is 2.06 bits per heavy atom. The lowest BCUT2D eigenvalue weighted by Crippen LogP contribution is -2.47. The Bertz CT molecular complexity index is 1030. The number of nitrogens with zero attached hydrogens (tertiary/aromatic N) is 3. The second-order valence-corrected chi connectivity index (χ2v) is 7.00. The van der Waals surface area contributed by atoms with Gasteiger partial charge in [-0.15, -0.1) is 0 Å². The number of fused-ring (bicyclic) bond motifs is 1. The van der Waals surface area contributed by atoms with Crippen LogP contribution in [0.15, 0.2) is 41.5 Å². The Morgan fingerprint density at radius 3 is 2.61 bits per heavy atom. The minimum atomic E-state index is -4.46. The highest BCUT2D eigenvalue weighted by atomic mass is 19.4. The van der Waals surface area contributed by atoms with Crippen molar-refractivity contribution < 1.29 is 23.1 Å². The summed E-state index contributed by atoms with van der Waals surface area (Å²) in [4.78, 5) is 23.1. The molecule has 7 nitrogen and oxygen atoms in total. The number of benzene rings is 1. The van der Waals surface area contributed by atoms with E-state index in [0.29, 0.717) is 28.2 Å². The first kappa shape index (κ1) is 22.3. The third-order valence-electron chi connectivity index (χ3n) is 4.96. The molecule has 4 N–H and O–H groups in total. The number of aliphatic hydroxyl groups excluding tert-OH is 1. The van der Waals surface area contributed by atoms with Crippen molar-refractivity contribution in [2.75, 3.05) is 25.6 Å². The van der Waals surface area contributed by atoms with E-state index in [-0.39, 0.29) is 24.7 Å². The van der Waals surface area contributed by atoms with Gasteiger partial charge in [-0.3, -0.25) is 9.79 Å². The Hall–Kier alpha value is -3.40. The van der Waals surface area contributed by atoms with Gasteiger partial charge in [-0.1, -0.05) is 12.1 Å². The first-order valence-electron chi connectivity index (χ1n) is 9.44. The molecule has 1 aromatic heterocycles. The van der Waals surface area contributed by atoms with Gasteiger partial charge < -0.3 is 21.1 Å². The fourth-order valence-electron chi connectivity index (χ4n) is 3.25. The lowest BCUT2D eigenvalue weighted by molar-refractivity contribution is -0.137. The lowest BCUT2D eigenvalue weighted by Gasteiger charge is -2.34. The molecule has 10 heteroatoms. The molecular weight excluding hydrogens is 411 g/mol. The first-order valence-corrected chi connectivity index (χ1v) is 9.44. The Labute approximate surface area is 177 Å². The molecular formula is C21H22F3N5O2. The normalized spacial score (nSPS) is 15.7. The van der Waals surface area contributed by atoms with E-state index in [2.05, 4.69) is 15.3 Å². The van der Waals surface area contributed by atoms with Crippen LogP contribution in [-0.2, 0) is 6.18 Å². The summed E-state index contributed by atoms with van der Waals surface area (Å²) in [6, 6.07) is 5.62. The fraction of sp³-hybridized carbons (Fsp3) is 0.286. The number of hydrogen-bond donors (Lipinski definition) is 3. The number of allylic oxidation sites excluding steroid dienone is 1. The number of pyridine rings is 1. The second-order valence-electron chi connectivity index (χ2n) is 7.00. The van der Waals surface area contributed by atoms with Crippen LogP contribution in [0.5, 0.6) is 0 Å². The van der Waals surface area contributed by atoms with E-state index in [1.165, 1.54) is 35.5 Å². The number of alkyl halides is 3. The van der Waals surface area contributed by atoms with Crippen molar-refractivity contribution >= 4 is 23.4 Å². The van der Waals surface area contributed by atoms with Gasteiger partial charge in [-0.2, -0.15) is 13.2 Å². The lowest BCUT2D eigenvalue weighted by atomic mass is 9.99. The topological polar surface area (TPSA) is 104 Å². The van der Waals surface area contributed by atoms with Gasteiger partial charge in [0, 0.05) is 30.6 Å². The number of nitrogens with one attached hydrogen (secondary N) is 1. The molecule has 0 fully saturated rings. The molecule has 0 spiro atoms. The summed E-state index contributed by atoms with van der Waals surface area (Å²) in [7, 11) is 1.55. The summed E-state index contributed by atoms with van der Waals surface area (Å²) in [6.07, 6.45) is -1.68. The van der Waals surface area contributed by atoms with Crippen LogP contribution in [0.25, 0.3) is 16.8 Å². The standard InChI is InChI=1S/C21H22F3N5O2/c1-12(10-30)29-11-27-19-16(20(29)31)7-17(28-18(19)14(8-25)9-26-2)13-3-5-15(6-4-13)21(22,23)24/h3-9,12,27,30H,10-11,25H2,1-2H3. The molecule has 1 amide bonds. The number of nitrogens with two attached hydrogens (primary N) is 1. The van der Waals surface area contributed by atoms with Gasteiger partial charge in [-0.05, 0) is 25.1 Å². The third-order valence-corrected chi connectivity index (χ3v) is 4.96. The number of amides is 1. The van der Waals surface area contributed by atoms with Gasteiger partial charge in [0.05, 0.1) is 47.5 Å². The van der Waals surface area contributed by atoms with E-state index in [1.807, 2.05) is 0 Å². The van der Waals surface area contributed by atoms with Gasteiger partial charge in [0.15, 0.2) is 0 Å². The van der Waals surface area contributed by atoms with E-state index in [0.717, 1.165) is 12.1 Å². The smallest absolute Gasteiger partial charge is 0.404 e. The SMILES string of the molecule is CN=CC(=CN)c1nc(-c2ccc(C(F)(F)F)cc2)cc2c1NCN(C(C)CO)C2=O. The van der Waals surface area contributed by atoms with E-state index in [4.69, 9.17) is 5.73 Å². The Morgan fingerprint density at radius 1 is 1.39 bits per heavy atom. The highest BCUT2D eigenvalue weighted by molar-refractivity contribution is 6.14. The fourth-order valence-corrected chi connectivity index (χ4v) is 3.25. The van der Waals surface area contributed by atoms with Crippen molar-refractivity contribution in [1.82, 2.24) is 9.88 Å².